The highest BCUT2D eigenvalue weighted by Gasteiger charge is 2.51. The van der Waals surface area contributed by atoms with Crippen LogP contribution < -0.4 is 10.6 Å². The van der Waals surface area contributed by atoms with E-state index >= 15 is 0 Å². The second kappa shape index (κ2) is 22.9. The quantitative estimate of drug-likeness (QED) is 0.0552. The molecule has 0 bridgehead atoms. The average molecular weight is 1180 g/mol. The molecule has 20 heteroatoms. The fourth-order valence-corrected chi connectivity index (χ4v) is 9.61. The van der Waals surface area contributed by atoms with E-state index in [4.69, 9.17) is 10.2 Å². The smallest absolute Gasteiger partial charge is 0.328 e. The van der Waals surface area contributed by atoms with Gasteiger partial charge in [-0.2, -0.15) is 0 Å². The number of aliphatic hydroxyl groups is 2. The number of hydrogen-bond acceptors (Lipinski definition) is 8. The van der Waals surface area contributed by atoms with Crippen LogP contribution >= 0.6 is 45.2 Å². The summed E-state index contributed by atoms with van der Waals surface area (Å²) >= 11 is 3.92. The first-order valence-corrected chi connectivity index (χ1v) is 23.8. The summed E-state index contributed by atoms with van der Waals surface area (Å²) in [5.74, 6) is -9.04. The van der Waals surface area contributed by atoms with Gasteiger partial charge >= 0.3 is 11.9 Å². The Bertz CT molecular complexity index is 2390. The molecule has 4 saturated heterocycles. The Morgan fingerprint density at radius 1 is 0.574 bits per heavy atom. The number of piperidine rings is 2. The maximum Gasteiger partial charge on any atom is 0.328 e. The van der Waals surface area contributed by atoms with Crippen LogP contribution in [0.15, 0.2) is 72.8 Å². The van der Waals surface area contributed by atoms with Crippen molar-refractivity contribution in [3.05, 3.63) is 148 Å². The Morgan fingerprint density at radius 3 is 1.25 bits per heavy atom. The van der Waals surface area contributed by atoms with Crippen molar-refractivity contribution in [1.29, 1.82) is 0 Å². The lowest BCUT2D eigenvalue weighted by molar-refractivity contribution is -0.134. The lowest BCUT2D eigenvalue weighted by Crippen LogP contribution is -2.72. The van der Waals surface area contributed by atoms with Crippen LogP contribution in [0.2, 0.25) is 0 Å². The summed E-state index contributed by atoms with van der Waals surface area (Å²) in [5, 5.41) is 43.9. The van der Waals surface area contributed by atoms with Gasteiger partial charge in [0.15, 0.2) is 23.3 Å². The minimum Gasteiger partial charge on any atom is -0.478 e. The molecule has 4 aromatic rings. The molecule has 68 heavy (non-hydrogen) atoms. The predicted octanol–water partition coefficient (Wildman–Crippen LogP) is 6.97. The largest absolute Gasteiger partial charge is 0.478 e. The topological polar surface area (TPSA) is 180 Å². The number of nitrogens with one attached hydrogen (secondary N) is 2. The van der Waals surface area contributed by atoms with Crippen molar-refractivity contribution < 1.29 is 65.9 Å². The second-order valence-electron chi connectivity index (χ2n) is 17.1. The fraction of sp³-hybridized carbons (Fsp3) is 0.375. The maximum atomic E-state index is 14.6. The Morgan fingerprint density at radius 2 is 0.941 bits per heavy atom. The van der Waals surface area contributed by atoms with Crippen LogP contribution in [0.25, 0.3) is 0 Å². The number of likely N-dealkylation sites (tertiary alicyclic amines) is 2. The van der Waals surface area contributed by atoms with E-state index in [2.05, 4.69) is 10.6 Å². The van der Waals surface area contributed by atoms with Crippen LogP contribution in [0.1, 0.15) is 81.5 Å². The number of nitrogens with zero attached hydrogens (tertiary/aromatic N) is 2. The number of hydrogen-bond donors (Lipinski definition) is 6. The summed E-state index contributed by atoms with van der Waals surface area (Å²) in [5.41, 5.74) is -2.04. The van der Waals surface area contributed by atoms with Crippen molar-refractivity contribution in [3.8, 4) is 0 Å². The van der Waals surface area contributed by atoms with Gasteiger partial charge in [0.2, 0.25) is 0 Å². The molecular formula is C48H48F6I2N4O8. The molecule has 0 spiro atoms. The van der Waals surface area contributed by atoms with Crippen LogP contribution in [0, 0.1) is 42.0 Å². The summed E-state index contributed by atoms with van der Waals surface area (Å²) in [6, 6.07) is 13.1. The molecule has 6 N–H and O–H groups in total. The number of carboxylic acid groups (broad SMARTS) is 2. The number of aliphatic carboxylic acids is 2. The Labute approximate surface area is 415 Å². The molecular weight excluding hydrogens is 1130 g/mol. The van der Waals surface area contributed by atoms with Crippen molar-refractivity contribution >= 4 is 68.9 Å². The monoisotopic (exact) mass is 1180 g/mol. The number of halogens is 8. The Balaban J connectivity index is 0.000000193. The number of carbonyl (C=O) groups is 4. The molecule has 12 nitrogen and oxygen atoms in total. The molecule has 4 aromatic carbocycles. The highest BCUT2D eigenvalue weighted by Crippen LogP contribution is 2.34. The number of carbonyl (C=O) groups excluding carboxylic acids is 2. The van der Waals surface area contributed by atoms with Gasteiger partial charge in [0.25, 0.3) is 11.8 Å². The van der Waals surface area contributed by atoms with E-state index in [1.54, 1.807) is 12.1 Å². The number of rotatable bonds is 10. The molecule has 4 aliphatic rings. The van der Waals surface area contributed by atoms with Crippen molar-refractivity contribution in [3.63, 3.8) is 0 Å². The molecule has 2 amide bonds. The van der Waals surface area contributed by atoms with Gasteiger partial charge in [-0.3, -0.25) is 9.59 Å². The van der Waals surface area contributed by atoms with Gasteiger partial charge in [0, 0.05) is 66.5 Å². The van der Waals surface area contributed by atoms with E-state index in [9.17, 15) is 55.7 Å². The molecule has 4 heterocycles. The molecule has 4 fully saturated rings. The highest BCUT2D eigenvalue weighted by atomic mass is 127. The molecule has 0 unspecified atom stereocenters. The van der Waals surface area contributed by atoms with Gasteiger partial charge in [0.1, 0.15) is 22.8 Å². The van der Waals surface area contributed by atoms with Gasteiger partial charge in [-0.25, -0.2) is 35.9 Å². The SMILES string of the molecule is O=C(O)/C=C/C(=O)O.O=C(c1ccc(F)c(F)c1Cc1ccc(I)cc1F)N1CC(O)([C@@H]2CCCCN2)C1.O=C(c1ccc(F)c(F)c1Cc1ccc(I)cc1F)N1CC(O)([C@@H]2CCCCN2)C1. The molecule has 0 aliphatic carbocycles. The van der Waals surface area contributed by atoms with Crippen LogP contribution in [-0.2, 0) is 22.4 Å². The standard InChI is InChI=1S/2C22H22F3IN2O2.C4H4O4/c2*23-17-7-6-15(16(20(17)25)9-13-4-5-14(26)10-18(13)24)21(29)28-11-22(30,12-28)19-3-1-2-8-27-19;5-3(6)1-2-4(7)8/h2*4-7,10,19,27,30H,1-3,8-9,11-12H2;1-2H,(H,5,6)(H,7,8)/b;;2-1+/t2*19-;/m00./s1. The zero-order valence-corrected chi connectivity index (χ0v) is 40.6. The zero-order valence-electron chi connectivity index (χ0n) is 36.3. The number of benzene rings is 4. The lowest BCUT2D eigenvalue weighted by Gasteiger charge is -2.51. The second-order valence-corrected chi connectivity index (χ2v) is 19.6. The minimum atomic E-state index is -1.26. The predicted molar refractivity (Wildman–Crippen MR) is 254 cm³/mol. The first kappa shape index (κ1) is 52.7. The summed E-state index contributed by atoms with van der Waals surface area (Å²) in [6.07, 6.45) is 6.45. The Kier molecular flexibility index (Phi) is 17.7. The highest BCUT2D eigenvalue weighted by molar-refractivity contribution is 14.1. The molecule has 0 radical (unpaired) electrons. The number of β-amino-alcohol motifs (C(OH)–C–C–N with tert-alkyl or cyclic N) is 2. The summed E-state index contributed by atoms with van der Waals surface area (Å²) in [6.45, 7) is 2.16. The third-order valence-electron chi connectivity index (χ3n) is 12.3. The van der Waals surface area contributed by atoms with Crippen LogP contribution in [0.3, 0.4) is 0 Å². The van der Waals surface area contributed by atoms with E-state index in [0.29, 0.717) is 19.3 Å². The van der Waals surface area contributed by atoms with Gasteiger partial charge < -0.3 is 40.9 Å². The summed E-state index contributed by atoms with van der Waals surface area (Å²) in [4.78, 5) is 48.0. The minimum absolute atomic E-state index is 0.00879. The van der Waals surface area contributed by atoms with Crippen molar-refractivity contribution in [1.82, 2.24) is 20.4 Å². The lowest BCUT2D eigenvalue weighted by atomic mass is 9.81. The molecule has 2 atom stereocenters. The number of amides is 2. The summed E-state index contributed by atoms with van der Waals surface area (Å²) in [7, 11) is 0. The molecule has 364 valence electrons. The zero-order chi connectivity index (χ0) is 49.5. The third-order valence-corrected chi connectivity index (χ3v) is 13.7. The van der Waals surface area contributed by atoms with E-state index in [1.807, 2.05) is 45.2 Å². The summed E-state index contributed by atoms with van der Waals surface area (Å²) < 4.78 is 87.0. The van der Waals surface area contributed by atoms with Crippen molar-refractivity contribution in [2.24, 2.45) is 0 Å². The van der Waals surface area contributed by atoms with Crippen LogP contribution in [0.4, 0.5) is 26.3 Å². The average Bonchev–Trinajstić information content (AvgIpc) is 3.29. The molecule has 0 saturated carbocycles. The molecule has 8 rings (SSSR count). The normalized spacial score (nSPS) is 19.4. The van der Waals surface area contributed by atoms with E-state index < -0.39 is 69.9 Å². The van der Waals surface area contributed by atoms with Gasteiger partial charge in [-0.1, -0.05) is 25.0 Å². The first-order chi connectivity index (χ1) is 32.2. The third kappa shape index (κ3) is 12.8. The Hall–Kier alpha value is -4.62. The maximum absolute atomic E-state index is 14.6. The molecule has 4 aliphatic heterocycles. The van der Waals surface area contributed by atoms with E-state index in [0.717, 1.165) is 63.7 Å². The van der Waals surface area contributed by atoms with Crippen LogP contribution in [0.5, 0.6) is 0 Å². The molecule has 0 aromatic heterocycles. The van der Waals surface area contributed by atoms with Crippen LogP contribution in [-0.4, -0.2) is 117 Å². The van der Waals surface area contributed by atoms with E-state index in [1.165, 1.54) is 46.2 Å². The number of carboxylic acids is 2. The first-order valence-electron chi connectivity index (χ1n) is 21.6. The van der Waals surface area contributed by atoms with Crippen molar-refractivity contribution in [2.45, 2.75) is 74.7 Å². The van der Waals surface area contributed by atoms with Crippen molar-refractivity contribution in [2.75, 3.05) is 39.3 Å². The van der Waals surface area contributed by atoms with Gasteiger partial charge in [0.05, 0.1) is 26.2 Å². The van der Waals surface area contributed by atoms with E-state index in [-0.39, 0.29) is 84.5 Å². The van der Waals surface area contributed by atoms with Gasteiger partial charge in [-0.05, 0) is 144 Å². The van der Waals surface area contributed by atoms with Gasteiger partial charge in [-0.15, -0.1) is 0 Å². The fourth-order valence-electron chi connectivity index (χ4n) is 8.70.